The summed E-state index contributed by atoms with van der Waals surface area (Å²) in [6.45, 7) is 0.335. The van der Waals surface area contributed by atoms with Crippen LogP contribution in [0.2, 0.25) is 5.02 Å². The molecule has 1 unspecified atom stereocenters. The van der Waals surface area contributed by atoms with Gasteiger partial charge in [0.05, 0.1) is 13.2 Å². The van der Waals surface area contributed by atoms with Crippen LogP contribution in [0.3, 0.4) is 0 Å². The molecule has 0 aliphatic rings. The monoisotopic (exact) mass is 295 g/mol. The normalized spacial score (nSPS) is 12.0. The van der Waals surface area contributed by atoms with E-state index < -0.39 is 5.82 Å². The second-order valence-electron chi connectivity index (χ2n) is 4.22. The molecule has 0 amide bonds. The Balaban J connectivity index is 2.19. The van der Waals surface area contributed by atoms with E-state index in [2.05, 4.69) is 10.3 Å². The van der Waals surface area contributed by atoms with Crippen LogP contribution >= 0.6 is 11.6 Å². The molecule has 2 rings (SSSR count). The van der Waals surface area contributed by atoms with Crippen molar-refractivity contribution >= 4 is 17.3 Å². The van der Waals surface area contributed by atoms with E-state index in [0.717, 1.165) is 5.56 Å². The van der Waals surface area contributed by atoms with E-state index in [-0.39, 0.29) is 6.04 Å². The molecule has 0 bridgehead atoms. The van der Waals surface area contributed by atoms with E-state index in [1.807, 2.05) is 6.07 Å². The molecule has 0 radical (unpaired) electrons. The van der Waals surface area contributed by atoms with Crippen LogP contribution in [0.4, 0.5) is 10.1 Å². The minimum Gasteiger partial charge on any atom is -0.481 e. The molecule has 1 atom stereocenters. The lowest BCUT2D eigenvalue weighted by atomic mass is 10.1. The topological polar surface area (TPSA) is 60.2 Å². The third-order valence-electron chi connectivity index (χ3n) is 2.81. The highest BCUT2D eigenvalue weighted by Crippen LogP contribution is 2.23. The molecule has 2 aromatic rings. The van der Waals surface area contributed by atoms with Gasteiger partial charge in [-0.25, -0.2) is 9.37 Å². The van der Waals surface area contributed by atoms with Crippen LogP contribution in [0.25, 0.3) is 0 Å². The Hall–Kier alpha value is -1.85. The van der Waals surface area contributed by atoms with Gasteiger partial charge in [0.1, 0.15) is 5.82 Å². The van der Waals surface area contributed by atoms with Gasteiger partial charge in [-0.2, -0.15) is 0 Å². The lowest BCUT2D eigenvalue weighted by molar-refractivity contribution is 0.397. The van der Waals surface area contributed by atoms with Gasteiger partial charge in [0, 0.05) is 29.5 Å². The predicted octanol–water partition coefficient (Wildman–Crippen LogP) is 2.99. The van der Waals surface area contributed by atoms with Crippen LogP contribution in [-0.2, 0) is 0 Å². The van der Waals surface area contributed by atoms with E-state index in [1.165, 1.54) is 12.1 Å². The van der Waals surface area contributed by atoms with Crippen molar-refractivity contribution in [2.24, 2.45) is 5.73 Å². The molecule has 6 heteroatoms. The summed E-state index contributed by atoms with van der Waals surface area (Å²) in [6, 6.07) is 7.68. The molecular formula is C14H15ClFN3O. The van der Waals surface area contributed by atoms with Crippen molar-refractivity contribution in [3.63, 3.8) is 0 Å². The molecule has 0 saturated carbocycles. The minimum absolute atomic E-state index is 0.189. The number of pyridine rings is 1. The van der Waals surface area contributed by atoms with Gasteiger partial charge < -0.3 is 15.8 Å². The van der Waals surface area contributed by atoms with E-state index in [0.29, 0.717) is 23.1 Å². The number of methoxy groups -OCH3 is 1. The Morgan fingerprint density at radius 1 is 1.40 bits per heavy atom. The fourth-order valence-corrected chi connectivity index (χ4v) is 2.06. The molecule has 20 heavy (non-hydrogen) atoms. The molecule has 0 aliphatic heterocycles. The Morgan fingerprint density at radius 2 is 2.20 bits per heavy atom. The van der Waals surface area contributed by atoms with Crippen LogP contribution in [0, 0.1) is 5.82 Å². The maximum Gasteiger partial charge on any atom is 0.212 e. The van der Waals surface area contributed by atoms with E-state index in [9.17, 15) is 4.39 Å². The Bertz CT molecular complexity index is 557. The Morgan fingerprint density at radius 3 is 2.75 bits per heavy atom. The maximum absolute atomic E-state index is 13.3. The molecule has 1 aromatic carbocycles. The number of nitrogens with one attached hydrogen (secondary N) is 1. The number of hydrogen-bond acceptors (Lipinski definition) is 4. The maximum atomic E-state index is 13.3. The van der Waals surface area contributed by atoms with Gasteiger partial charge in [0.2, 0.25) is 5.88 Å². The van der Waals surface area contributed by atoms with Crippen LogP contribution in [0.15, 0.2) is 36.5 Å². The standard InChI is InChI=1S/C14H15ClFN3O/c1-20-14-3-2-9(8-18-14)13(7-17)19-12-5-10(15)4-11(16)6-12/h2-6,8,13,19H,7,17H2,1H3. The SMILES string of the molecule is COc1ccc(C(CN)Nc2cc(F)cc(Cl)c2)cn1. The molecule has 4 nitrogen and oxygen atoms in total. The van der Waals surface area contributed by atoms with E-state index >= 15 is 0 Å². The van der Waals surface area contributed by atoms with Crippen molar-refractivity contribution in [2.75, 3.05) is 19.0 Å². The first-order valence-corrected chi connectivity index (χ1v) is 6.43. The number of hydrogen-bond donors (Lipinski definition) is 2. The quantitative estimate of drug-likeness (QED) is 0.890. The van der Waals surface area contributed by atoms with Crippen LogP contribution < -0.4 is 15.8 Å². The third kappa shape index (κ3) is 3.59. The first-order chi connectivity index (χ1) is 9.62. The number of rotatable bonds is 5. The van der Waals surface area contributed by atoms with Crippen molar-refractivity contribution in [3.8, 4) is 5.88 Å². The molecule has 3 N–H and O–H groups in total. The third-order valence-corrected chi connectivity index (χ3v) is 3.03. The lowest BCUT2D eigenvalue weighted by Gasteiger charge is -2.18. The van der Waals surface area contributed by atoms with Gasteiger partial charge in [-0.3, -0.25) is 0 Å². The predicted molar refractivity (Wildman–Crippen MR) is 77.6 cm³/mol. The zero-order valence-electron chi connectivity index (χ0n) is 10.9. The summed E-state index contributed by atoms with van der Waals surface area (Å²) < 4.78 is 18.3. The van der Waals surface area contributed by atoms with Crippen molar-refractivity contribution in [1.29, 1.82) is 0 Å². The van der Waals surface area contributed by atoms with Gasteiger partial charge in [0.15, 0.2) is 0 Å². The zero-order chi connectivity index (χ0) is 14.5. The molecule has 0 spiro atoms. The molecule has 0 saturated heterocycles. The average Bonchev–Trinajstić information content (AvgIpc) is 2.44. The second kappa shape index (κ2) is 6.54. The van der Waals surface area contributed by atoms with E-state index in [4.69, 9.17) is 22.1 Å². The average molecular weight is 296 g/mol. The summed E-state index contributed by atoms with van der Waals surface area (Å²) in [5.41, 5.74) is 7.20. The van der Waals surface area contributed by atoms with Gasteiger partial charge >= 0.3 is 0 Å². The molecule has 1 aromatic heterocycles. The molecule has 106 valence electrons. The lowest BCUT2D eigenvalue weighted by Crippen LogP contribution is -2.20. The van der Waals surface area contributed by atoms with Crippen molar-refractivity contribution in [1.82, 2.24) is 4.98 Å². The molecule has 0 aliphatic carbocycles. The molecular weight excluding hydrogens is 281 g/mol. The molecule has 1 heterocycles. The van der Waals surface area contributed by atoms with Crippen molar-refractivity contribution in [3.05, 3.63) is 52.9 Å². The number of aromatic nitrogens is 1. The highest BCUT2D eigenvalue weighted by atomic mass is 35.5. The smallest absolute Gasteiger partial charge is 0.212 e. The molecule has 0 fully saturated rings. The largest absolute Gasteiger partial charge is 0.481 e. The summed E-state index contributed by atoms with van der Waals surface area (Å²) >= 11 is 5.82. The number of nitrogens with two attached hydrogens (primary N) is 1. The zero-order valence-corrected chi connectivity index (χ0v) is 11.7. The number of halogens is 2. The van der Waals surface area contributed by atoms with Crippen LogP contribution in [-0.4, -0.2) is 18.6 Å². The number of anilines is 1. The number of benzene rings is 1. The van der Waals surface area contributed by atoms with Crippen LogP contribution in [0.1, 0.15) is 11.6 Å². The van der Waals surface area contributed by atoms with Crippen molar-refractivity contribution in [2.45, 2.75) is 6.04 Å². The Labute approximate surface area is 121 Å². The first-order valence-electron chi connectivity index (χ1n) is 6.05. The Kier molecular flexibility index (Phi) is 4.76. The van der Waals surface area contributed by atoms with Crippen LogP contribution in [0.5, 0.6) is 5.88 Å². The van der Waals surface area contributed by atoms with Gasteiger partial charge in [-0.1, -0.05) is 17.7 Å². The fraction of sp³-hybridized carbons (Fsp3) is 0.214. The first kappa shape index (κ1) is 14.6. The van der Waals surface area contributed by atoms with Crippen molar-refractivity contribution < 1.29 is 9.13 Å². The summed E-state index contributed by atoms with van der Waals surface area (Å²) in [5, 5.41) is 3.46. The minimum atomic E-state index is -0.399. The summed E-state index contributed by atoms with van der Waals surface area (Å²) in [7, 11) is 1.55. The summed E-state index contributed by atoms with van der Waals surface area (Å²) in [6.07, 6.45) is 1.67. The fourth-order valence-electron chi connectivity index (χ4n) is 1.84. The van der Waals surface area contributed by atoms with Gasteiger partial charge in [-0.05, 0) is 23.8 Å². The highest BCUT2D eigenvalue weighted by molar-refractivity contribution is 6.30. The summed E-state index contributed by atoms with van der Waals surface area (Å²) in [4.78, 5) is 4.12. The number of ether oxygens (including phenoxy) is 1. The number of nitrogens with zero attached hydrogens (tertiary/aromatic N) is 1. The summed E-state index contributed by atoms with van der Waals surface area (Å²) in [5.74, 6) is 0.127. The second-order valence-corrected chi connectivity index (χ2v) is 4.66. The van der Waals surface area contributed by atoms with Gasteiger partial charge in [-0.15, -0.1) is 0 Å². The van der Waals surface area contributed by atoms with E-state index in [1.54, 1.807) is 25.4 Å². The highest BCUT2D eigenvalue weighted by Gasteiger charge is 2.11. The van der Waals surface area contributed by atoms with Gasteiger partial charge in [0.25, 0.3) is 0 Å².